The standard InChI is InChI=1S/C13H12N6O2S/c1-7-6-8(2)19-13(14-7)15-10(18-19)12(21)17-16-11(20)9-4-3-5-22-9/h3-6H,1-2H3,(H,16,20)(H,17,21). The van der Waals surface area contributed by atoms with Crippen molar-refractivity contribution < 1.29 is 9.59 Å². The molecule has 2 amide bonds. The van der Waals surface area contributed by atoms with Gasteiger partial charge < -0.3 is 0 Å². The molecule has 3 heterocycles. The predicted octanol–water partition coefficient (Wildman–Crippen LogP) is 0.877. The lowest BCUT2D eigenvalue weighted by molar-refractivity contribution is 0.0843. The second-order valence-electron chi connectivity index (χ2n) is 4.57. The lowest BCUT2D eigenvalue weighted by atomic mass is 10.4. The smallest absolute Gasteiger partial charge is 0.266 e. The summed E-state index contributed by atoms with van der Waals surface area (Å²) in [4.78, 5) is 32.5. The zero-order valence-electron chi connectivity index (χ0n) is 11.8. The maximum atomic E-state index is 12.0. The second kappa shape index (κ2) is 5.53. The largest absolute Gasteiger partial charge is 0.309 e. The molecule has 8 nitrogen and oxygen atoms in total. The number of fused-ring (bicyclic) bond motifs is 1. The van der Waals surface area contributed by atoms with Gasteiger partial charge in [-0.3, -0.25) is 20.4 Å². The van der Waals surface area contributed by atoms with Crippen LogP contribution in [0.25, 0.3) is 5.78 Å². The number of nitrogens with one attached hydrogen (secondary N) is 2. The Morgan fingerprint density at radius 1 is 1.18 bits per heavy atom. The average molecular weight is 316 g/mol. The molecule has 0 saturated heterocycles. The third-order valence-corrected chi connectivity index (χ3v) is 3.72. The molecular weight excluding hydrogens is 304 g/mol. The van der Waals surface area contributed by atoms with E-state index in [4.69, 9.17) is 0 Å². The van der Waals surface area contributed by atoms with Gasteiger partial charge in [-0.25, -0.2) is 9.50 Å². The number of aromatic nitrogens is 4. The molecule has 3 aromatic heterocycles. The normalized spacial score (nSPS) is 10.6. The summed E-state index contributed by atoms with van der Waals surface area (Å²) in [5.41, 5.74) is 6.20. The first-order chi connectivity index (χ1) is 10.5. The first-order valence-electron chi connectivity index (χ1n) is 6.40. The van der Waals surface area contributed by atoms with E-state index in [-0.39, 0.29) is 5.82 Å². The number of thiophene rings is 1. The first kappa shape index (κ1) is 14.1. The Hall–Kier alpha value is -2.81. The van der Waals surface area contributed by atoms with Crippen LogP contribution in [-0.2, 0) is 0 Å². The lowest BCUT2D eigenvalue weighted by Gasteiger charge is -2.03. The summed E-state index contributed by atoms with van der Waals surface area (Å²) in [6, 6.07) is 5.25. The van der Waals surface area contributed by atoms with Gasteiger partial charge in [-0.2, -0.15) is 4.98 Å². The molecule has 0 unspecified atom stereocenters. The number of amides is 2. The number of carbonyl (C=O) groups is 2. The minimum Gasteiger partial charge on any atom is -0.266 e. The highest BCUT2D eigenvalue weighted by Gasteiger charge is 2.16. The molecule has 0 fully saturated rings. The zero-order chi connectivity index (χ0) is 15.7. The average Bonchev–Trinajstić information content (AvgIpc) is 3.13. The van der Waals surface area contributed by atoms with Gasteiger partial charge in [0.25, 0.3) is 11.7 Å². The summed E-state index contributed by atoms with van der Waals surface area (Å²) in [7, 11) is 0. The van der Waals surface area contributed by atoms with Gasteiger partial charge in [-0.1, -0.05) is 6.07 Å². The second-order valence-corrected chi connectivity index (χ2v) is 5.52. The summed E-state index contributed by atoms with van der Waals surface area (Å²) in [5.74, 6) is -0.718. The lowest BCUT2D eigenvalue weighted by Crippen LogP contribution is -2.41. The summed E-state index contributed by atoms with van der Waals surface area (Å²) in [5, 5.41) is 5.85. The quantitative estimate of drug-likeness (QED) is 0.683. The number of rotatable bonds is 2. The predicted molar refractivity (Wildman–Crippen MR) is 79.5 cm³/mol. The van der Waals surface area contributed by atoms with E-state index in [0.29, 0.717) is 10.7 Å². The van der Waals surface area contributed by atoms with E-state index in [1.54, 1.807) is 17.5 Å². The highest BCUT2D eigenvalue weighted by Crippen LogP contribution is 2.07. The maximum Gasteiger partial charge on any atom is 0.309 e. The van der Waals surface area contributed by atoms with Crippen molar-refractivity contribution >= 4 is 28.9 Å². The zero-order valence-corrected chi connectivity index (χ0v) is 12.6. The van der Waals surface area contributed by atoms with E-state index in [2.05, 4.69) is 25.9 Å². The fourth-order valence-electron chi connectivity index (χ4n) is 1.90. The van der Waals surface area contributed by atoms with E-state index in [1.807, 2.05) is 19.9 Å². The van der Waals surface area contributed by atoms with Crippen LogP contribution in [0.2, 0.25) is 0 Å². The molecule has 3 rings (SSSR count). The fourth-order valence-corrected chi connectivity index (χ4v) is 2.52. The number of nitrogens with zero attached hydrogens (tertiary/aromatic N) is 4. The molecule has 0 aliphatic carbocycles. The minimum absolute atomic E-state index is 0.0623. The number of hydrogen-bond donors (Lipinski definition) is 2. The molecule has 112 valence electrons. The minimum atomic E-state index is -0.604. The number of carbonyl (C=O) groups excluding carboxylic acids is 2. The Balaban J connectivity index is 1.75. The van der Waals surface area contributed by atoms with E-state index >= 15 is 0 Å². The Labute approximate surface area is 129 Å². The van der Waals surface area contributed by atoms with Crippen LogP contribution >= 0.6 is 11.3 Å². The van der Waals surface area contributed by atoms with E-state index in [9.17, 15) is 9.59 Å². The van der Waals surface area contributed by atoms with Crippen molar-refractivity contribution in [2.24, 2.45) is 0 Å². The topological polar surface area (TPSA) is 101 Å². The Morgan fingerprint density at radius 2 is 1.95 bits per heavy atom. The molecule has 0 aliphatic rings. The molecule has 0 aliphatic heterocycles. The molecule has 0 aromatic carbocycles. The Bertz CT molecular complexity index is 855. The molecule has 0 atom stereocenters. The van der Waals surface area contributed by atoms with Crippen molar-refractivity contribution in [3.63, 3.8) is 0 Å². The van der Waals surface area contributed by atoms with Gasteiger partial charge in [0, 0.05) is 11.4 Å². The van der Waals surface area contributed by atoms with Crippen LogP contribution in [0, 0.1) is 13.8 Å². The molecule has 0 spiro atoms. The highest BCUT2D eigenvalue weighted by atomic mass is 32.1. The van der Waals surface area contributed by atoms with Gasteiger partial charge in [-0.15, -0.1) is 16.4 Å². The van der Waals surface area contributed by atoms with E-state index in [1.165, 1.54) is 15.9 Å². The summed E-state index contributed by atoms with van der Waals surface area (Å²) >= 11 is 1.28. The van der Waals surface area contributed by atoms with Gasteiger partial charge in [-0.05, 0) is 31.4 Å². The number of hydrazine groups is 1. The van der Waals surface area contributed by atoms with Gasteiger partial charge in [0.15, 0.2) is 0 Å². The Morgan fingerprint density at radius 3 is 2.68 bits per heavy atom. The van der Waals surface area contributed by atoms with Crippen LogP contribution < -0.4 is 10.9 Å². The molecular formula is C13H12N6O2S. The molecule has 0 radical (unpaired) electrons. The Kier molecular flexibility index (Phi) is 3.55. The SMILES string of the molecule is Cc1cc(C)n2nc(C(=O)NNC(=O)c3cccs3)nc2n1. The summed E-state index contributed by atoms with van der Waals surface area (Å²) in [6.07, 6.45) is 0. The van der Waals surface area contributed by atoms with Gasteiger partial charge in [0.2, 0.25) is 5.82 Å². The van der Waals surface area contributed by atoms with E-state index in [0.717, 1.165) is 11.4 Å². The third kappa shape index (κ3) is 2.66. The molecule has 9 heteroatoms. The summed E-state index contributed by atoms with van der Waals surface area (Å²) in [6.45, 7) is 3.68. The molecule has 2 N–H and O–H groups in total. The van der Waals surface area contributed by atoms with Crippen LogP contribution in [0.5, 0.6) is 0 Å². The van der Waals surface area contributed by atoms with Crippen LogP contribution in [0.4, 0.5) is 0 Å². The first-order valence-corrected chi connectivity index (χ1v) is 7.28. The summed E-state index contributed by atoms with van der Waals surface area (Å²) < 4.78 is 1.48. The van der Waals surface area contributed by atoms with Crippen molar-refractivity contribution in [2.45, 2.75) is 13.8 Å². The van der Waals surface area contributed by atoms with Crippen molar-refractivity contribution in [2.75, 3.05) is 0 Å². The number of aryl methyl sites for hydroxylation is 2. The van der Waals surface area contributed by atoms with Gasteiger partial charge in [0.05, 0.1) is 4.88 Å². The van der Waals surface area contributed by atoms with Gasteiger partial charge >= 0.3 is 5.91 Å². The molecule has 0 bridgehead atoms. The van der Waals surface area contributed by atoms with Crippen molar-refractivity contribution in [3.8, 4) is 0 Å². The van der Waals surface area contributed by atoms with Crippen LogP contribution in [-0.4, -0.2) is 31.4 Å². The maximum absolute atomic E-state index is 12.0. The van der Waals surface area contributed by atoms with Crippen LogP contribution in [0.15, 0.2) is 23.6 Å². The van der Waals surface area contributed by atoms with Crippen molar-refractivity contribution in [1.29, 1.82) is 0 Å². The highest BCUT2D eigenvalue weighted by molar-refractivity contribution is 7.12. The number of hydrogen-bond acceptors (Lipinski definition) is 6. The monoisotopic (exact) mass is 316 g/mol. The third-order valence-electron chi connectivity index (χ3n) is 2.86. The van der Waals surface area contributed by atoms with Crippen LogP contribution in [0.1, 0.15) is 31.7 Å². The van der Waals surface area contributed by atoms with Crippen LogP contribution in [0.3, 0.4) is 0 Å². The van der Waals surface area contributed by atoms with Crippen molar-refractivity contribution in [3.05, 3.63) is 45.7 Å². The fraction of sp³-hybridized carbons (Fsp3) is 0.154. The molecule has 3 aromatic rings. The molecule has 0 saturated carbocycles. The molecule has 22 heavy (non-hydrogen) atoms. The van der Waals surface area contributed by atoms with Crippen molar-refractivity contribution in [1.82, 2.24) is 30.4 Å². The van der Waals surface area contributed by atoms with Gasteiger partial charge in [0.1, 0.15) is 0 Å². The van der Waals surface area contributed by atoms with E-state index < -0.39 is 11.8 Å².